The number of hydrogen-bond donors (Lipinski definition) is 0. The third-order valence-electron chi connectivity index (χ3n) is 3.48. The van der Waals surface area contributed by atoms with Crippen molar-refractivity contribution in [1.82, 2.24) is 15.1 Å². The number of benzene rings is 1. The van der Waals surface area contributed by atoms with Gasteiger partial charge in [-0.2, -0.15) is 0 Å². The van der Waals surface area contributed by atoms with E-state index in [0.29, 0.717) is 28.3 Å². The molecule has 0 spiro atoms. The molecular weight excluding hydrogens is 322 g/mol. The molecule has 0 bridgehead atoms. The van der Waals surface area contributed by atoms with E-state index in [1.807, 2.05) is 17.0 Å². The number of aromatic nitrogens is 2. The summed E-state index contributed by atoms with van der Waals surface area (Å²) in [5.41, 5.74) is 0.792. The molecule has 0 atom stereocenters. The highest BCUT2D eigenvalue weighted by Gasteiger charge is 2.18. The van der Waals surface area contributed by atoms with E-state index >= 15 is 0 Å². The zero-order chi connectivity index (χ0) is 15.4. The fourth-order valence-corrected chi connectivity index (χ4v) is 3.23. The van der Waals surface area contributed by atoms with E-state index in [-0.39, 0.29) is 5.91 Å². The molecule has 1 aliphatic rings. The summed E-state index contributed by atoms with van der Waals surface area (Å²) in [5, 5.41) is 9.11. The molecule has 7 heteroatoms. The number of hydrogen-bond acceptors (Lipinski definition) is 5. The van der Waals surface area contributed by atoms with E-state index in [9.17, 15) is 4.79 Å². The molecule has 0 saturated carbocycles. The Morgan fingerprint density at radius 3 is 2.91 bits per heavy atom. The van der Waals surface area contributed by atoms with E-state index in [1.165, 1.54) is 11.8 Å². The Morgan fingerprint density at radius 1 is 1.32 bits per heavy atom. The number of likely N-dealkylation sites (tertiary alicyclic amines) is 1. The Hall–Kier alpha value is -1.53. The van der Waals surface area contributed by atoms with Gasteiger partial charge in [0.05, 0.1) is 0 Å². The predicted octanol–water partition coefficient (Wildman–Crippen LogP) is 3.49. The fourth-order valence-electron chi connectivity index (χ4n) is 2.36. The predicted molar refractivity (Wildman–Crippen MR) is 85.9 cm³/mol. The van der Waals surface area contributed by atoms with E-state index in [4.69, 9.17) is 16.0 Å². The minimum Gasteiger partial charge on any atom is -0.411 e. The van der Waals surface area contributed by atoms with Gasteiger partial charge in [-0.1, -0.05) is 29.4 Å². The summed E-state index contributed by atoms with van der Waals surface area (Å²) in [4.78, 5) is 13.9. The number of thioether (sulfide) groups is 1. The van der Waals surface area contributed by atoms with E-state index in [0.717, 1.165) is 31.5 Å². The second-order valence-corrected chi connectivity index (χ2v) is 6.55. The van der Waals surface area contributed by atoms with Gasteiger partial charge < -0.3 is 9.32 Å². The van der Waals surface area contributed by atoms with Crippen LogP contribution in [0.1, 0.15) is 19.3 Å². The van der Waals surface area contributed by atoms with Crippen LogP contribution in [0.3, 0.4) is 0 Å². The highest BCUT2D eigenvalue weighted by atomic mass is 35.5. The summed E-state index contributed by atoms with van der Waals surface area (Å²) >= 11 is 7.35. The van der Waals surface area contributed by atoms with Crippen molar-refractivity contribution >= 4 is 29.3 Å². The quantitative estimate of drug-likeness (QED) is 0.781. The third kappa shape index (κ3) is 3.81. The Balaban J connectivity index is 1.52. The molecule has 1 saturated heterocycles. The standard InChI is InChI=1S/C15H16ClN3O2S/c16-12-5-3-4-11(10-12)14-17-18-15(21-14)22-9-6-13(20)19-7-1-2-8-19/h3-5,10H,1-2,6-9H2. The van der Waals surface area contributed by atoms with Crippen LogP contribution in [0.25, 0.3) is 11.5 Å². The van der Waals surface area contributed by atoms with Gasteiger partial charge in [0, 0.05) is 35.8 Å². The highest BCUT2D eigenvalue weighted by molar-refractivity contribution is 7.99. The molecule has 0 unspecified atom stereocenters. The Bertz CT molecular complexity index is 656. The van der Waals surface area contributed by atoms with Crippen molar-refractivity contribution in [3.8, 4) is 11.5 Å². The Kier molecular flexibility index (Phi) is 5.00. The maximum Gasteiger partial charge on any atom is 0.276 e. The van der Waals surface area contributed by atoms with Gasteiger partial charge in [0.25, 0.3) is 5.22 Å². The lowest BCUT2D eigenvalue weighted by Gasteiger charge is -2.14. The number of carbonyl (C=O) groups is 1. The summed E-state index contributed by atoms with van der Waals surface area (Å²) in [6, 6.07) is 7.27. The molecule has 1 aromatic heterocycles. The summed E-state index contributed by atoms with van der Waals surface area (Å²) < 4.78 is 5.59. The molecule has 5 nitrogen and oxygen atoms in total. The van der Waals surface area contributed by atoms with Crippen molar-refractivity contribution in [3.63, 3.8) is 0 Å². The highest BCUT2D eigenvalue weighted by Crippen LogP contribution is 2.25. The zero-order valence-corrected chi connectivity index (χ0v) is 13.6. The molecule has 2 heterocycles. The monoisotopic (exact) mass is 337 g/mol. The summed E-state index contributed by atoms with van der Waals surface area (Å²) in [6.45, 7) is 1.78. The second-order valence-electron chi connectivity index (χ2n) is 5.07. The summed E-state index contributed by atoms with van der Waals surface area (Å²) in [7, 11) is 0. The molecule has 0 aliphatic carbocycles. The number of rotatable bonds is 5. The normalized spacial score (nSPS) is 14.5. The molecule has 3 rings (SSSR count). The van der Waals surface area contributed by atoms with Crippen molar-refractivity contribution in [3.05, 3.63) is 29.3 Å². The maximum atomic E-state index is 11.9. The van der Waals surface area contributed by atoms with Crippen LogP contribution in [0, 0.1) is 0 Å². The van der Waals surface area contributed by atoms with Crippen LogP contribution >= 0.6 is 23.4 Å². The number of carbonyl (C=O) groups excluding carboxylic acids is 1. The first kappa shape index (κ1) is 15.4. The number of halogens is 1. The van der Waals surface area contributed by atoms with Crippen LogP contribution in [0.15, 0.2) is 33.9 Å². The maximum absolute atomic E-state index is 11.9. The first-order valence-corrected chi connectivity index (χ1v) is 8.59. The van der Waals surface area contributed by atoms with Gasteiger partial charge in [-0.25, -0.2) is 0 Å². The van der Waals surface area contributed by atoms with Crippen LogP contribution in [0.2, 0.25) is 5.02 Å². The van der Waals surface area contributed by atoms with Crippen molar-refractivity contribution in [2.24, 2.45) is 0 Å². The van der Waals surface area contributed by atoms with Crippen molar-refractivity contribution in [2.75, 3.05) is 18.8 Å². The zero-order valence-electron chi connectivity index (χ0n) is 12.0. The summed E-state index contributed by atoms with van der Waals surface area (Å²) in [6.07, 6.45) is 2.73. The van der Waals surface area contributed by atoms with Crippen LogP contribution < -0.4 is 0 Å². The summed E-state index contributed by atoms with van der Waals surface area (Å²) in [5.74, 6) is 1.29. The number of nitrogens with zero attached hydrogens (tertiary/aromatic N) is 3. The lowest BCUT2D eigenvalue weighted by molar-refractivity contribution is -0.129. The molecule has 116 valence electrons. The first-order valence-electron chi connectivity index (χ1n) is 7.22. The largest absolute Gasteiger partial charge is 0.411 e. The SMILES string of the molecule is O=C(CCSc1nnc(-c2cccc(Cl)c2)o1)N1CCCC1. The van der Waals surface area contributed by atoms with Crippen LogP contribution in [0.4, 0.5) is 0 Å². The van der Waals surface area contributed by atoms with Crippen molar-refractivity contribution < 1.29 is 9.21 Å². The van der Waals surface area contributed by atoms with Gasteiger partial charge in [0.15, 0.2) is 0 Å². The third-order valence-corrected chi connectivity index (χ3v) is 4.53. The van der Waals surface area contributed by atoms with Crippen molar-refractivity contribution in [2.45, 2.75) is 24.5 Å². The van der Waals surface area contributed by atoms with E-state index < -0.39 is 0 Å². The minimum atomic E-state index is 0.208. The molecule has 1 aromatic carbocycles. The molecule has 1 fully saturated rings. The molecule has 0 N–H and O–H groups in total. The van der Waals surface area contributed by atoms with E-state index in [1.54, 1.807) is 12.1 Å². The lowest BCUT2D eigenvalue weighted by Crippen LogP contribution is -2.27. The topological polar surface area (TPSA) is 59.2 Å². The number of amides is 1. The molecule has 2 aromatic rings. The van der Waals surface area contributed by atoms with Crippen LogP contribution in [-0.4, -0.2) is 39.8 Å². The molecule has 1 aliphatic heterocycles. The lowest BCUT2D eigenvalue weighted by atomic mass is 10.2. The van der Waals surface area contributed by atoms with Gasteiger partial charge in [0.2, 0.25) is 11.8 Å². The average molecular weight is 338 g/mol. The van der Waals surface area contributed by atoms with Gasteiger partial charge in [-0.05, 0) is 31.0 Å². The Morgan fingerprint density at radius 2 is 2.14 bits per heavy atom. The van der Waals surface area contributed by atoms with Crippen LogP contribution in [-0.2, 0) is 4.79 Å². The van der Waals surface area contributed by atoms with E-state index in [2.05, 4.69) is 10.2 Å². The molecule has 0 radical (unpaired) electrons. The average Bonchev–Trinajstić information content (AvgIpc) is 3.19. The van der Waals surface area contributed by atoms with Crippen LogP contribution in [0.5, 0.6) is 0 Å². The van der Waals surface area contributed by atoms with Crippen molar-refractivity contribution in [1.29, 1.82) is 0 Å². The minimum absolute atomic E-state index is 0.208. The first-order chi connectivity index (χ1) is 10.7. The molecule has 22 heavy (non-hydrogen) atoms. The van der Waals surface area contributed by atoms with Gasteiger partial charge in [-0.15, -0.1) is 10.2 Å². The Labute approximate surface area is 138 Å². The van der Waals surface area contributed by atoms with Gasteiger partial charge in [0.1, 0.15) is 0 Å². The van der Waals surface area contributed by atoms with Gasteiger partial charge in [-0.3, -0.25) is 4.79 Å². The van der Waals surface area contributed by atoms with Gasteiger partial charge >= 0.3 is 0 Å². The molecular formula is C15H16ClN3O2S. The molecule has 1 amide bonds. The second kappa shape index (κ2) is 7.15. The fraction of sp³-hybridized carbons (Fsp3) is 0.400. The smallest absolute Gasteiger partial charge is 0.276 e.